The minimum atomic E-state index is -0.333. The van der Waals surface area contributed by atoms with Crippen molar-refractivity contribution in [1.82, 2.24) is 0 Å². The number of rotatable bonds is 3. The van der Waals surface area contributed by atoms with Crippen LogP contribution in [0.3, 0.4) is 0 Å². The summed E-state index contributed by atoms with van der Waals surface area (Å²) in [6.07, 6.45) is 2.34. The van der Waals surface area contributed by atoms with E-state index in [9.17, 15) is 10.1 Å². The van der Waals surface area contributed by atoms with E-state index in [2.05, 4.69) is 0 Å². The van der Waals surface area contributed by atoms with Gasteiger partial charge in [0.15, 0.2) is 0 Å². The Hall–Kier alpha value is -1.58. The van der Waals surface area contributed by atoms with Crippen LogP contribution in [-0.2, 0) is 5.41 Å². The van der Waals surface area contributed by atoms with E-state index < -0.39 is 0 Å². The monoisotopic (exact) mass is 235 g/mol. The molecule has 0 spiro atoms. The summed E-state index contributed by atoms with van der Waals surface area (Å²) in [4.78, 5) is 10.7. The van der Waals surface area contributed by atoms with Crippen molar-refractivity contribution >= 4 is 5.69 Å². The molecular formula is C13H17NO3. The second-order valence-corrected chi connectivity index (χ2v) is 5.47. The summed E-state index contributed by atoms with van der Waals surface area (Å²) in [5.74, 6) is 0.661. The van der Waals surface area contributed by atoms with Gasteiger partial charge in [0.25, 0.3) is 5.69 Å². The Bertz CT molecular complexity index is 444. The SMILES string of the molecule is CC(C)(C)c1c(OC2CC2)cccc1[N+](=O)[O-]. The molecule has 1 saturated carbocycles. The van der Waals surface area contributed by atoms with E-state index in [1.54, 1.807) is 12.1 Å². The molecule has 0 heterocycles. The van der Waals surface area contributed by atoms with Crippen LogP contribution in [0, 0.1) is 10.1 Å². The molecule has 0 bridgehead atoms. The lowest BCUT2D eigenvalue weighted by Gasteiger charge is -2.22. The molecule has 0 N–H and O–H groups in total. The van der Waals surface area contributed by atoms with Gasteiger partial charge in [-0.05, 0) is 24.3 Å². The van der Waals surface area contributed by atoms with Gasteiger partial charge in [0, 0.05) is 6.07 Å². The second kappa shape index (κ2) is 4.02. The van der Waals surface area contributed by atoms with Crippen molar-refractivity contribution in [3.05, 3.63) is 33.9 Å². The van der Waals surface area contributed by atoms with Crippen LogP contribution in [0.2, 0.25) is 0 Å². The van der Waals surface area contributed by atoms with E-state index in [0.29, 0.717) is 11.3 Å². The molecule has 0 radical (unpaired) electrons. The molecule has 0 aliphatic heterocycles. The highest BCUT2D eigenvalue weighted by molar-refractivity contribution is 5.53. The molecular weight excluding hydrogens is 218 g/mol. The lowest BCUT2D eigenvalue weighted by molar-refractivity contribution is -0.386. The van der Waals surface area contributed by atoms with Crippen LogP contribution in [0.1, 0.15) is 39.2 Å². The highest BCUT2D eigenvalue weighted by Gasteiger charge is 2.32. The van der Waals surface area contributed by atoms with Crippen LogP contribution in [0.5, 0.6) is 5.75 Å². The average Bonchev–Trinajstić information content (AvgIpc) is 2.99. The fraction of sp³-hybridized carbons (Fsp3) is 0.538. The Balaban J connectivity index is 2.49. The summed E-state index contributed by atoms with van der Waals surface area (Å²) in [7, 11) is 0. The summed E-state index contributed by atoms with van der Waals surface area (Å²) in [6.45, 7) is 5.90. The predicted molar refractivity (Wildman–Crippen MR) is 65.4 cm³/mol. The van der Waals surface area contributed by atoms with Gasteiger partial charge in [0.1, 0.15) is 5.75 Å². The highest BCUT2D eigenvalue weighted by atomic mass is 16.6. The van der Waals surface area contributed by atoms with Crippen molar-refractivity contribution in [3.63, 3.8) is 0 Å². The van der Waals surface area contributed by atoms with E-state index in [1.807, 2.05) is 26.8 Å². The van der Waals surface area contributed by atoms with Crippen molar-refractivity contribution in [2.45, 2.75) is 45.1 Å². The van der Waals surface area contributed by atoms with Gasteiger partial charge in [-0.3, -0.25) is 10.1 Å². The van der Waals surface area contributed by atoms with Crippen LogP contribution < -0.4 is 4.74 Å². The Morgan fingerprint density at radius 1 is 1.35 bits per heavy atom. The van der Waals surface area contributed by atoms with Gasteiger partial charge in [-0.1, -0.05) is 26.8 Å². The molecule has 17 heavy (non-hydrogen) atoms. The van der Waals surface area contributed by atoms with Crippen LogP contribution >= 0.6 is 0 Å². The third-order valence-corrected chi connectivity index (χ3v) is 2.77. The predicted octanol–water partition coefficient (Wildman–Crippen LogP) is 3.43. The Morgan fingerprint density at radius 2 is 2.00 bits per heavy atom. The van der Waals surface area contributed by atoms with Gasteiger partial charge < -0.3 is 4.74 Å². The largest absolute Gasteiger partial charge is 0.490 e. The first-order valence-corrected chi connectivity index (χ1v) is 5.84. The zero-order valence-electron chi connectivity index (χ0n) is 10.4. The summed E-state index contributed by atoms with van der Waals surface area (Å²) in [5.41, 5.74) is 0.543. The molecule has 0 amide bonds. The highest BCUT2D eigenvalue weighted by Crippen LogP contribution is 2.40. The molecule has 1 fully saturated rings. The molecule has 0 saturated heterocycles. The maximum atomic E-state index is 11.1. The third-order valence-electron chi connectivity index (χ3n) is 2.77. The Morgan fingerprint density at radius 3 is 2.47 bits per heavy atom. The minimum absolute atomic E-state index is 0.149. The number of nitro benzene ring substituents is 1. The van der Waals surface area contributed by atoms with Crippen molar-refractivity contribution in [1.29, 1.82) is 0 Å². The smallest absolute Gasteiger partial charge is 0.276 e. The van der Waals surface area contributed by atoms with Gasteiger partial charge in [-0.15, -0.1) is 0 Å². The van der Waals surface area contributed by atoms with Gasteiger partial charge >= 0.3 is 0 Å². The Kier molecular flexibility index (Phi) is 2.81. The standard InChI is InChI=1S/C13H17NO3/c1-13(2,3)12-10(14(15)16)5-4-6-11(12)17-9-7-8-9/h4-6,9H,7-8H2,1-3H3. The van der Waals surface area contributed by atoms with Gasteiger partial charge in [0.2, 0.25) is 0 Å². The number of benzene rings is 1. The first-order valence-electron chi connectivity index (χ1n) is 5.84. The van der Waals surface area contributed by atoms with Crippen LogP contribution in [0.25, 0.3) is 0 Å². The first-order chi connectivity index (χ1) is 7.89. The quantitative estimate of drug-likeness (QED) is 0.595. The summed E-state index contributed by atoms with van der Waals surface area (Å²) in [5, 5.41) is 11.1. The molecule has 0 unspecified atom stereocenters. The molecule has 4 nitrogen and oxygen atoms in total. The number of hydrogen-bond acceptors (Lipinski definition) is 3. The number of ether oxygens (including phenoxy) is 1. The van der Waals surface area contributed by atoms with Crippen LogP contribution in [0.4, 0.5) is 5.69 Å². The fourth-order valence-corrected chi connectivity index (χ4v) is 1.89. The van der Waals surface area contributed by atoms with Crippen LogP contribution in [-0.4, -0.2) is 11.0 Å². The van der Waals surface area contributed by atoms with E-state index in [-0.39, 0.29) is 22.1 Å². The molecule has 1 aliphatic carbocycles. The second-order valence-electron chi connectivity index (χ2n) is 5.47. The van der Waals surface area contributed by atoms with Gasteiger partial charge in [-0.25, -0.2) is 0 Å². The van der Waals surface area contributed by atoms with Crippen molar-refractivity contribution < 1.29 is 9.66 Å². The molecule has 92 valence electrons. The maximum Gasteiger partial charge on any atom is 0.276 e. The van der Waals surface area contributed by atoms with E-state index in [1.165, 1.54) is 0 Å². The first kappa shape index (κ1) is 11.9. The summed E-state index contributed by atoms with van der Waals surface area (Å²) in [6, 6.07) is 5.05. The van der Waals surface area contributed by atoms with Gasteiger partial charge in [0.05, 0.1) is 16.6 Å². The average molecular weight is 235 g/mol. The lowest BCUT2D eigenvalue weighted by atomic mass is 9.85. The normalized spacial score (nSPS) is 15.7. The van der Waals surface area contributed by atoms with Crippen LogP contribution in [0.15, 0.2) is 18.2 Å². The number of nitro groups is 1. The molecule has 2 rings (SSSR count). The number of hydrogen-bond donors (Lipinski definition) is 0. The zero-order valence-corrected chi connectivity index (χ0v) is 10.4. The zero-order chi connectivity index (χ0) is 12.6. The van der Waals surface area contributed by atoms with Crippen molar-refractivity contribution in [2.24, 2.45) is 0 Å². The third kappa shape index (κ3) is 2.57. The molecule has 4 heteroatoms. The van der Waals surface area contributed by atoms with Crippen molar-refractivity contribution in [2.75, 3.05) is 0 Å². The molecule has 0 aromatic heterocycles. The summed E-state index contributed by atoms with van der Waals surface area (Å²) >= 11 is 0. The number of nitrogens with zero attached hydrogens (tertiary/aromatic N) is 1. The summed E-state index contributed by atoms with van der Waals surface area (Å²) < 4.78 is 5.77. The van der Waals surface area contributed by atoms with E-state index in [0.717, 1.165) is 12.8 Å². The Labute approximate surface area is 101 Å². The minimum Gasteiger partial charge on any atom is -0.490 e. The molecule has 1 aromatic rings. The molecule has 1 aromatic carbocycles. The molecule has 1 aliphatic rings. The van der Waals surface area contributed by atoms with E-state index in [4.69, 9.17) is 4.74 Å². The van der Waals surface area contributed by atoms with Gasteiger partial charge in [-0.2, -0.15) is 0 Å². The lowest BCUT2D eigenvalue weighted by Crippen LogP contribution is -2.16. The maximum absolute atomic E-state index is 11.1. The van der Waals surface area contributed by atoms with Crippen molar-refractivity contribution in [3.8, 4) is 5.75 Å². The topological polar surface area (TPSA) is 52.4 Å². The molecule has 0 atom stereocenters. The fourth-order valence-electron chi connectivity index (χ4n) is 1.89. The van der Waals surface area contributed by atoms with E-state index >= 15 is 0 Å².